The van der Waals surface area contributed by atoms with Crippen molar-refractivity contribution >= 4 is 23.2 Å². The first-order valence-corrected chi connectivity index (χ1v) is 7.79. The Morgan fingerprint density at radius 2 is 1.95 bits per heavy atom. The number of halogens is 1. The van der Waals surface area contributed by atoms with Crippen molar-refractivity contribution in [3.05, 3.63) is 29.3 Å². The van der Waals surface area contributed by atoms with Gasteiger partial charge in [-0.15, -0.1) is 0 Å². The van der Waals surface area contributed by atoms with Crippen molar-refractivity contribution in [1.82, 2.24) is 0 Å². The van der Waals surface area contributed by atoms with Gasteiger partial charge in [0.1, 0.15) is 6.73 Å². The Hall–Kier alpha value is -1.06. The predicted octanol–water partition coefficient (Wildman–Crippen LogP) is 4.88. The second kappa shape index (κ2) is 7.81. The van der Waals surface area contributed by atoms with Crippen molar-refractivity contribution in [1.29, 1.82) is 0 Å². The topological polar surface area (TPSA) is 29.5 Å². The third-order valence-corrected chi connectivity index (χ3v) is 3.76. The van der Waals surface area contributed by atoms with Gasteiger partial charge >= 0.3 is 0 Å². The Labute approximate surface area is 133 Å². The van der Waals surface area contributed by atoms with Crippen molar-refractivity contribution in [2.45, 2.75) is 53.6 Å². The number of anilines is 1. The molecule has 118 valence electrons. The van der Waals surface area contributed by atoms with Crippen LogP contribution in [0.5, 0.6) is 0 Å². The molecule has 0 aliphatic carbocycles. The second-order valence-corrected chi connectivity index (χ2v) is 6.74. The van der Waals surface area contributed by atoms with Gasteiger partial charge in [0.15, 0.2) is 0 Å². The van der Waals surface area contributed by atoms with E-state index in [1.54, 1.807) is 11.0 Å². The Morgan fingerprint density at radius 1 is 1.33 bits per heavy atom. The van der Waals surface area contributed by atoms with Gasteiger partial charge in [-0.3, -0.25) is 9.69 Å². The number of ether oxygens (including phenoxy) is 1. The standard InChI is InChI=1S/C17H26ClNO2/c1-6-9-16(17(3,4)5)21-12-19(13(2)20)15-11-8-7-10-14(15)18/h7-8,10-11,16H,6,9,12H2,1-5H3. The van der Waals surface area contributed by atoms with E-state index in [4.69, 9.17) is 16.3 Å². The van der Waals surface area contributed by atoms with E-state index in [1.807, 2.05) is 18.2 Å². The second-order valence-electron chi connectivity index (χ2n) is 6.34. The summed E-state index contributed by atoms with van der Waals surface area (Å²) in [5.74, 6) is -0.0766. The van der Waals surface area contributed by atoms with Gasteiger partial charge in [-0.2, -0.15) is 0 Å². The molecule has 1 atom stereocenters. The summed E-state index contributed by atoms with van der Waals surface area (Å²) in [7, 11) is 0. The zero-order valence-corrected chi connectivity index (χ0v) is 14.4. The van der Waals surface area contributed by atoms with E-state index < -0.39 is 0 Å². The van der Waals surface area contributed by atoms with E-state index in [2.05, 4.69) is 27.7 Å². The van der Waals surface area contributed by atoms with Crippen molar-refractivity contribution in [2.24, 2.45) is 5.41 Å². The van der Waals surface area contributed by atoms with E-state index in [0.29, 0.717) is 10.7 Å². The molecule has 0 radical (unpaired) electrons. The van der Waals surface area contributed by atoms with E-state index in [-0.39, 0.29) is 24.2 Å². The van der Waals surface area contributed by atoms with Crippen LogP contribution in [0.25, 0.3) is 0 Å². The van der Waals surface area contributed by atoms with Gasteiger partial charge in [-0.05, 0) is 24.0 Å². The van der Waals surface area contributed by atoms with Crippen molar-refractivity contribution < 1.29 is 9.53 Å². The fourth-order valence-corrected chi connectivity index (χ4v) is 2.43. The van der Waals surface area contributed by atoms with Crippen LogP contribution in [0.2, 0.25) is 5.02 Å². The molecule has 0 aromatic heterocycles. The molecule has 0 N–H and O–H groups in total. The summed E-state index contributed by atoms with van der Waals surface area (Å²) in [4.78, 5) is 13.5. The molecule has 0 spiro atoms. The van der Waals surface area contributed by atoms with Crippen molar-refractivity contribution in [3.63, 3.8) is 0 Å². The third-order valence-electron chi connectivity index (χ3n) is 3.44. The van der Waals surface area contributed by atoms with Gasteiger partial charge in [-0.25, -0.2) is 0 Å². The van der Waals surface area contributed by atoms with Crippen LogP contribution in [0, 0.1) is 5.41 Å². The van der Waals surface area contributed by atoms with E-state index in [9.17, 15) is 4.79 Å². The smallest absolute Gasteiger partial charge is 0.225 e. The number of hydrogen-bond acceptors (Lipinski definition) is 2. The lowest BCUT2D eigenvalue weighted by Gasteiger charge is -2.33. The van der Waals surface area contributed by atoms with Crippen LogP contribution >= 0.6 is 11.6 Å². The molecule has 1 amide bonds. The fraction of sp³-hybridized carbons (Fsp3) is 0.588. The summed E-state index contributed by atoms with van der Waals surface area (Å²) in [6.07, 6.45) is 2.12. The molecular formula is C17H26ClNO2. The monoisotopic (exact) mass is 311 g/mol. The Kier molecular flexibility index (Phi) is 6.69. The average Bonchev–Trinajstić information content (AvgIpc) is 2.38. The zero-order valence-electron chi connectivity index (χ0n) is 13.6. The molecule has 4 heteroatoms. The summed E-state index contributed by atoms with van der Waals surface area (Å²) in [5.41, 5.74) is 0.731. The highest BCUT2D eigenvalue weighted by Crippen LogP contribution is 2.29. The molecule has 0 heterocycles. The van der Waals surface area contributed by atoms with Crippen LogP contribution < -0.4 is 4.90 Å². The number of rotatable bonds is 6. The molecule has 1 aromatic rings. The van der Waals surface area contributed by atoms with Crippen LogP contribution in [0.3, 0.4) is 0 Å². The summed E-state index contributed by atoms with van der Waals surface area (Å²) < 4.78 is 6.03. The number of nitrogens with zero attached hydrogens (tertiary/aromatic N) is 1. The number of amides is 1. The molecular weight excluding hydrogens is 286 g/mol. The average molecular weight is 312 g/mol. The normalized spacial score (nSPS) is 13.0. The minimum atomic E-state index is -0.0766. The zero-order chi connectivity index (χ0) is 16.0. The van der Waals surface area contributed by atoms with Crippen LogP contribution in [0.1, 0.15) is 47.5 Å². The quantitative estimate of drug-likeness (QED) is 0.701. The number of para-hydroxylation sites is 1. The maximum atomic E-state index is 11.9. The van der Waals surface area contributed by atoms with Gasteiger partial charge in [0, 0.05) is 6.92 Å². The highest BCUT2D eigenvalue weighted by molar-refractivity contribution is 6.33. The summed E-state index contributed by atoms with van der Waals surface area (Å²) in [6, 6.07) is 7.32. The maximum Gasteiger partial charge on any atom is 0.225 e. The first-order chi connectivity index (χ1) is 9.77. The Morgan fingerprint density at radius 3 is 2.43 bits per heavy atom. The number of carbonyl (C=O) groups is 1. The lowest BCUT2D eigenvalue weighted by Crippen LogP contribution is -2.37. The largest absolute Gasteiger partial charge is 0.357 e. The summed E-state index contributed by atoms with van der Waals surface area (Å²) in [6.45, 7) is 10.3. The minimum absolute atomic E-state index is 0.0406. The molecule has 3 nitrogen and oxygen atoms in total. The fourth-order valence-electron chi connectivity index (χ4n) is 2.19. The Balaban J connectivity index is 2.85. The molecule has 0 bridgehead atoms. The first-order valence-electron chi connectivity index (χ1n) is 7.41. The van der Waals surface area contributed by atoms with Gasteiger partial charge in [0.2, 0.25) is 5.91 Å². The van der Waals surface area contributed by atoms with Crippen LogP contribution in [-0.4, -0.2) is 18.7 Å². The predicted molar refractivity (Wildman–Crippen MR) is 88.7 cm³/mol. The summed E-state index contributed by atoms with van der Waals surface area (Å²) in [5, 5.41) is 0.555. The van der Waals surface area contributed by atoms with Crippen LogP contribution in [-0.2, 0) is 9.53 Å². The van der Waals surface area contributed by atoms with Gasteiger partial charge in [-0.1, -0.05) is 57.8 Å². The molecule has 1 rings (SSSR count). The van der Waals surface area contributed by atoms with Crippen LogP contribution in [0.4, 0.5) is 5.69 Å². The van der Waals surface area contributed by atoms with Gasteiger partial charge < -0.3 is 4.74 Å². The molecule has 1 unspecified atom stereocenters. The molecule has 0 aliphatic rings. The Bertz CT molecular complexity index is 468. The molecule has 0 saturated carbocycles. The molecule has 0 aliphatic heterocycles. The van der Waals surface area contributed by atoms with E-state index in [0.717, 1.165) is 12.8 Å². The minimum Gasteiger partial charge on any atom is -0.357 e. The van der Waals surface area contributed by atoms with Crippen LogP contribution in [0.15, 0.2) is 24.3 Å². The molecule has 21 heavy (non-hydrogen) atoms. The number of benzene rings is 1. The first kappa shape index (κ1) is 18.0. The number of hydrogen-bond donors (Lipinski definition) is 0. The molecule has 0 saturated heterocycles. The van der Waals surface area contributed by atoms with E-state index in [1.165, 1.54) is 6.92 Å². The highest BCUT2D eigenvalue weighted by Gasteiger charge is 2.26. The van der Waals surface area contributed by atoms with E-state index >= 15 is 0 Å². The highest BCUT2D eigenvalue weighted by atomic mass is 35.5. The van der Waals surface area contributed by atoms with Gasteiger partial charge in [0.05, 0.1) is 16.8 Å². The third kappa shape index (κ3) is 5.33. The molecule has 0 fully saturated rings. The van der Waals surface area contributed by atoms with Crippen molar-refractivity contribution in [3.8, 4) is 0 Å². The maximum absolute atomic E-state index is 11.9. The van der Waals surface area contributed by atoms with Gasteiger partial charge in [0.25, 0.3) is 0 Å². The van der Waals surface area contributed by atoms with Crippen molar-refractivity contribution in [2.75, 3.05) is 11.6 Å². The summed E-state index contributed by atoms with van der Waals surface area (Å²) >= 11 is 6.18. The number of carbonyl (C=O) groups excluding carboxylic acids is 1. The SMILES string of the molecule is CCCC(OCN(C(C)=O)c1ccccc1Cl)C(C)(C)C. The lowest BCUT2D eigenvalue weighted by atomic mass is 9.86. The molecule has 1 aromatic carbocycles. The lowest BCUT2D eigenvalue weighted by molar-refractivity contribution is -0.119.